The molecule has 0 spiro atoms. The molecular formula is C31H27N7O3. The van der Waals surface area contributed by atoms with E-state index in [4.69, 9.17) is 5.73 Å². The van der Waals surface area contributed by atoms with E-state index in [0.29, 0.717) is 52.9 Å². The van der Waals surface area contributed by atoms with Crippen molar-refractivity contribution >= 4 is 34.1 Å². The number of amides is 2. The molecule has 2 amide bonds. The van der Waals surface area contributed by atoms with Gasteiger partial charge in [-0.3, -0.25) is 19.0 Å². The van der Waals surface area contributed by atoms with Crippen LogP contribution in [0.3, 0.4) is 0 Å². The number of benzene rings is 2. The second-order valence-electron chi connectivity index (χ2n) is 9.88. The molecule has 3 N–H and O–H groups in total. The minimum absolute atomic E-state index is 0.0613. The van der Waals surface area contributed by atoms with Crippen LogP contribution in [0.4, 0.5) is 5.82 Å². The lowest BCUT2D eigenvalue weighted by atomic mass is 10.0. The number of hydrogen-bond donors (Lipinski definition) is 2. The third-order valence-corrected chi connectivity index (χ3v) is 7.19. The second-order valence-corrected chi connectivity index (χ2v) is 9.88. The molecule has 4 heterocycles. The van der Waals surface area contributed by atoms with Crippen LogP contribution in [0.1, 0.15) is 47.4 Å². The number of nitrogens with zero attached hydrogens (tertiary/aromatic N) is 5. The average Bonchev–Trinajstić information content (AvgIpc) is 3.54. The Bertz CT molecular complexity index is 1930. The SMILES string of the molecule is C[C@@H](NC(=O)c1c(N)nn2cccnc12)c1cc2cccc(C#CCN3CCCC3=O)c2c(=O)n1-c1ccccc1. The number of anilines is 1. The molecule has 0 radical (unpaired) electrons. The largest absolute Gasteiger partial charge is 0.381 e. The summed E-state index contributed by atoms with van der Waals surface area (Å²) >= 11 is 0. The summed E-state index contributed by atoms with van der Waals surface area (Å²) in [7, 11) is 0. The fraction of sp³-hybridized carbons (Fsp3) is 0.194. The fourth-order valence-corrected chi connectivity index (χ4v) is 5.21. The van der Waals surface area contributed by atoms with Crippen molar-refractivity contribution in [2.45, 2.75) is 25.8 Å². The number of aromatic nitrogens is 4. The number of pyridine rings is 1. The van der Waals surface area contributed by atoms with Crippen LogP contribution >= 0.6 is 0 Å². The summed E-state index contributed by atoms with van der Waals surface area (Å²) < 4.78 is 3.05. The Labute approximate surface area is 235 Å². The molecule has 5 aromatic rings. The number of carbonyl (C=O) groups excluding carboxylic acids is 2. The summed E-state index contributed by atoms with van der Waals surface area (Å²) in [5.74, 6) is 5.91. The number of nitrogens with one attached hydrogen (secondary N) is 1. The van der Waals surface area contributed by atoms with Gasteiger partial charge in [-0.1, -0.05) is 42.2 Å². The number of carbonyl (C=O) groups is 2. The molecule has 1 aliphatic rings. The first kappa shape index (κ1) is 25.8. The molecular weight excluding hydrogens is 518 g/mol. The molecule has 1 saturated heterocycles. The number of rotatable bonds is 5. The maximum Gasteiger partial charge on any atom is 0.264 e. The van der Waals surface area contributed by atoms with Crippen LogP contribution in [0.2, 0.25) is 0 Å². The predicted octanol–water partition coefficient (Wildman–Crippen LogP) is 3.08. The summed E-state index contributed by atoms with van der Waals surface area (Å²) in [6, 6.07) is 17.8. The lowest BCUT2D eigenvalue weighted by Gasteiger charge is -2.21. The Kier molecular flexibility index (Phi) is 6.69. The van der Waals surface area contributed by atoms with Crippen molar-refractivity contribution in [1.82, 2.24) is 29.4 Å². The maximum atomic E-state index is 14.2. The lowest BCUT2D eigenvalue weighted by Crippen LogP contribution is -2.32. The van der Waals surface area contributed by atoms with Crippen molar-refractivity contribution in [3.05, 3.63) is 100 Å². The average molecular weight is 546 g/mol. The van der Waals surface area contributed by atoms with Crippen LogP contribution in [0.25, 0.3) is 22.1 Å². The van der Waals surface area contributed by atoms with Crippen LogP contribution in [-0.2, 0) is 4.79 Å². The topological polar surface area (TPSA) is 128 Å². The van der Waals surface area contributed by atoms with Crippen molar-refractivity contribution in [3.8, 4) is 17.5 Å². The van der Waals surface area contributed by atoms with Gasteiger partial charge in [-0.2, -0.15) is 0 Å². The van der Waals surface area contributed by atoms with Gasteiger partial charge in [0.25, 0.3) is 11.5 Å². The molecule has 6 rings (SSSR count). The van der Waals surface area contributed by atoms with E-state index in [1.54, 1.807) is 27.9 Å². The van der Waals surface area contributed by atoms with Gasteiger partial charge in [-0.05, 0) is 49.1 Å². The Morgan fingerprint density at radius 2 is 1.95 bits per heavy atom. The van der Waals surface area contributed by atoms with Crippen LogP contribution in [0.15, 0.2) is 77.9 Å². The van der Waals surface area contributed by atoms with Crippen LogP contribution in [0.5, 0.6) is 0 Å². The minimum Gasteiger partial charge on any atom is -0.381 e. The van der Waals surface area contributed by atoms with Crippen LogP contribution in [0, 0.1) is 11.8 Å². The summed E-state index contributed by atoms with van der Waals surface area (Å²) in [4.78, 5) is 45.5. The highest BCUT2D eigenvalue weighted by Gasteiger charge is 2.24. The van der Waals surface area contributed by atoms with E-state index in [1.807, 2.05) is 61.5 Å². The van der Waals surface area contributed by atoms with Gasteiger partial charge in [-0.15, -0.1) is 5.10 Å². The lowest BCUT2D eigenvalue weighted by molar-refractivity contribution is -0.127. The molecule has 0 aliphatic carbocycles. The van der Waals surface area contributed by atoms with Crippen molar-refractivity contribution in [3.63, 3.8) is 0 Å². The molecule has 0 unspecified atom stereocenters. The maximum absolute atomic E-state index is 14.2. The van der Waals surface area contributed by atoms with E-state index in [2.05, 4.69) is 27.2 Å². The van der Waals surface area contributed by atoms with Gasteiger partial charge >= 0.3 is 0 Å². The first-order chi connectivity index (χ1) is 19.9. The van der Waals surface area contributed by atoms with Crippen LogP contribution in [-0.4, -0.2) is 49.0 Å². The smallest absolute Gasteiger partial charge is 0.264 e. The van der Waals surface area contributed by atoms with E-state index in [-0.39, 0.29) is 22.8 Å². The summed E-state index contributed by atoms with van der Waals surface area (Å²) in [5.41, 5.74) is 8.13. The molecule has 0 bridgehead atoms. The number of likely N-dealkylation sites (tertiary alicyclic amines) is 1. The van der Waals surface area contributed by atoms with Crippen LogP contribution < -0.4 is 16.6 Å². The van der Waals surface area contributed by atoms with Gasteiger partial charge in [0.15, 0.2) is 11.5 Å². The molecule has 204 valence electrons. The van der Waals surface area contributed by atoms with E-state index in [0.717, 1.165) is 6.42 Å². The standard InChI is InChI=1S/C31H27N7O3/c1-20(34-30(40)27-28(32)35-37-18-8-15-33-29(27)37)24-19-22-10-5-9-21(11-6-16-36-17-7-14-25(36)39)26(22)31(41)38(24)23-12-3-2-4-13-23/h2-5,8-10,12-13,15,18-20H,7,14,16-17H2,1H3,(H2,32,35)(H,34,40)/t20-/m1/s1. The Morgan fingerprint density at radius 1 is 1.12 bits per heavy atom. The third-order valence-electron chi connectivity index (χ3n) is 7.19. The van der Waals surface area contributed by atoms with E-state index >= 15 is 0 Å². The van der Waals surface area contributed by atoms with Gasteiger partial charge in [0, 0.05) is 42.3 Å². The molecule has 3 aromatic heterocycles. The number of fused-ring (bicyclic) bond motifs is 2. The molecule has 41 heavy (non-hydrogen) atoms. The highest BCUT2D eigenvalue weighted by Crippen LogP contribution is 2.24. The summed E-state index contributed by atoms with van der Waals surface area (Å²) in [5, 5.41) is 8.32. The van der Waals surface area contributed by atoms with Crippen molar-refractivity contribution < 1.29 is 9.59 Å². The van der Waals surface area contributed by atoms with E-state index in [9.17, 15) is 14.4 Å². The second kappa shape index (κ2) is 10.6. The number of para-hydroxylation sites is 1. The number of hydrogen-bond acceptors (Lipinski definition) is 6. The number of nitrogen functional groups attached to an aromatic ring is 1. The normalized spacial score (nSPS) is 13.8. The molecule has 2 aromatic carbocycles. The van der Waals surface area contributed by atoms with Crippen molar-refractivity contribution in [2.24, 2.45) is 0 Å². The predicted molar refractivity (Wildman–Crippen MR) is 156 cm³/mol. The first-order valence-corrected chi connectivity index (χ1v) is 13.3. The van der Waals surface area contributed by atoms with Gasteiger partial charge in [0.05, 0.1) is 18.0 Å². The zero-order valence-electron chi connectivity index (χ0n) is 22.4. The number of nitrogens with two attached hydrogens (primary N) is 1. The Morgan fingerprint density at radius 3 is 2.73 bits per heavy atom. The summed E-state index contributed by atoms with van der Waals surface area (Å²) in [6.45, 7) is 2.84. The van der Waals surface area contributed by atoms with E-state index < -0.39 is 11.9 Å². The Balaban J connectivity index is 1.42. The highest BCUT2D eigenvalue weighted by atomic mass is 16.2. The monoisotopic (exact) mass is 545 g/mol. The Hall–Kier alpha value is -5.43. The van der Waals surface area contributed by atoms with Gasteiger partial charge in [0.2, 0.25) is 5.91 Å². The van der Waals surface area contributed by atoms with E-state index in [1.165, 1.54) is 4.52 Å². The molecule has 1 fully saturated rings. The van der Waals surface area contributed by atoms with Gasteiger partial charge in [-0.25, -0.2) is 9.50 Å². The third kappa shape index (κ3) is 4.78. The zero-order chi connectivity index (χ0) is 28.5. The zero-order valence-corrected chi connectivity index (χ0v) is 22.4. The molecule has 0 saturated carbocycles. The molecule has 10 heteroatoms. The quantitative estimate of drug-likeness (QED) is 0.327. The molecule has 10 nitrogen and oxygen atoms in total. The van der Waals surface area contributed by atoms with Gasteiger partial charge in [0.1, 0.15) is 5.56 Å². The first-order valence-electron chi connectivity index (χ1n) is 13.3. The molecule has 1 aliphatic heterocycles. The highest BCUT2D eigenvalue weighted by molar-refractivity contribution is 6.04. The fourth-order valence-electron chi connectivity index (χ4n) is 5.21. The molecule has 1 atom stereocenters. The van der Waals surface area contributed by atoms with Crippen molar-refractivity contribution in [2.75, 3.05) is 18.8 Å². The van der Waals surface area contributed by atoms with Gasteiger partial charge < -0.3 is 16.0 Å². The van der Waals surface area contributed by atoms with Crippen molar-refractivity contribution in [1.29, 1.82) is 0 Å². The summed E-state index contributed by atoms with van der Waals surface area (Å²) in [6.07, 6.45) is 4.62. The minimum atomic E-state index is -0.589.